The number of halogens is 1. The zero-order valence-electron chi connectivity index (χ0n) is 11.7. The molecule has 0 heterocycles. The van der Waals surface area contributed by atoms with E-state index in [2.05, 4.69) is 5.32 Å². The number of nitro benzene ring substituents is 1. The van der Waals surface area contributed by atoms with Gasteiger partial charge in [0.1, 0.15) is 5.75 Å². The number of para-hydroxylation sites is 1. The molecule has 2 aromatic carbocycles. The molecule has 114 valence electrons. The second-order valence-corrected chi connectivity index (χ2v) is 4.93. The molecule has 6 nitrogen and oxygen atoms in total. The molecular weight excluding hydrogens is 308 g/mol. The molecule has 2 aromatic rings. The Morgan fingerprint density at radius 1 is 1.32 bits per heavy atom. The van der Waals surface area contributed by atoms with Crippen LogP contribution >= 0.6 is 11.6 Å². The molecule has 0 fully saturated rings. The van der Waals surface area contributed by atoms with E-state index in [4.69, 9.17) is 16.3 Å². The molecule has 1 N–H and O–H groups in total. The van der Waals surface area contributed by atoms with Gasteiger partial charge in [-0.2, -0.15) is 0 Å². The molecule has 0 bridgehead atoms. The Bertz CT molecular complexity index is 718. The smallest absolute Gasteiger partial charge is 0.272 e. The molecule has 0 aliphatic rings. The van der Waals surface area contributed by atoms with Crippen molar-refractivity contribution in [2.45, 2.75) is 6.92 Å². The molecule has 0 aliphatic carbocycles. The van der Waals surface area contributed by atoms with E-state index < -0.39 is 4.92 Å². The second kappa shape index (κ2) is 6.91. The third kappa shape index (κ3) is 3.95. The minimum absolute atomic E-state index is 0.00729. The lowest BCUT2D eigenvalue weighted by atomic mass is 10.2. The van der Waals surface area contributed by atoms with Crippen molar-refractivity contribution in [3.63, 3.8) is 0 Å². The largest absolute Gasteiger partial charge is 0.484 e. The van der Waals surface area contributed by atoms with E-state index in [0.29, 0.717) is 22.0 Å². The van der Waals surface area contributed by atoms with Crippen LogP contribution in [0.2, 0.25) is 5.02 Å². The topological polar surface area (TPSA) is 81.5 Å². The Balaban J connectivity index is 1.95. The zero-order chi connectivity index (χ0) is 16.1. The van der Waals surface area contributed by atoms with Gasteiger partial charge < -0.3 is 10.1 Å². The van der Waals surface area contributed by atoms with Crippen LogP contribution in [-0.4, -0.2) is 17.4 Å². The Morgan fingerprint density at radius 2 is 2.05 bits per heavy atom. The molecule has 0 radical (unpaired) electrons. The van der Waals surface area contributed by atoms with E-state index in [1.807, 2.05) is 0 Å². The second-order valence-electron chi connectivity index (χ2n) is 4.52. The van der Waals surface area contributed by atoms with Gasteiger partial charge in [0.2, 0.25) is 0 Å². The highest BCUT2D eigenvalue weighted by Gasteiger charge is 2.12. The minimum atomic E-state index is -0.469. The lowest BCUT2D eigenvalue weighted by molar-refractivity contribution is -0.385. The molecule has 0 atom stereocenters. The maximum absolute atomic E-state index is 11.8. The lowest BCUT2D eigenvalue weighted by Gasteiger charge is -2.09. The maximum Gasteiger partial charge on any atom is 0.272 e. The predicted molar refractivity (Wildman–Crippen MR) is 83.4 cm³/mol. The lowest BCUT2D eigenvalue weighted by Crippen LogP contribution is -2.20. The summed E-state index contributed by atoms with van der Waals surface area (Å²) < 4.78 is 5.32. The number of nitrogens with zero attached hydrogens (tertiary/aromatic N) is 1. The number of anilines is 1. The van der Waals surface area contributed by atoms with Gasteiger partial charge in [-0.3, -0.25) is 14.9 Å². The summed E-state index contributed by atoms with van der Waals surface area (Å²) in [5, 5.41) is 13.8. The summed E-state index contributed by atoms with van der Waals surface area (Å²) in [6, 6.07) is 11.2. The van der Waals surface area contributed by atoms with Gasteiger partial charge in [-0.25, -0.2) is 0 Å². The number of amides is 1. The van der Waals surface area contributed by atoms with Gasteiger partial charge in [0.05, 0.1) is 15.6 Å². The van der Waals surface area contributed by atoms with Crippen LogP contribution in [0.5, 0.6) is 5.75 Å². The minimum Gasteiger partial charge on any atom is -0.484 e. The summed E-state index contributed by atoms with van der Waals surface area (Å²) in [6.45, 7) is 1.39. The van der Waals surface area contributed by atoms with Crippen molar-refractivity contribution < 1.29 is 14.5 Å². The van der Waals surface area contributed by atoms with Crippen molar-refractivity contribution in [1.82, 2.24) is 0 Å². The first-order chi connectivity index (χ1) is 10.5. The van der Waals surface area contributed by atoms with Gasteiger partial charge in [0, 0.05) is 11.6 Å². The summed E-state index contributed by atoms with van der Waals surface area (Å²) in [5.41, 5.74) is 0.972. The van der Waals surface area contributed by atoms with Crippen LogP contribution < -0.4 is 10.1 Å². The number of nitrogens with one attached hydrogen (secondary N) is 1. The van der Waals surface area contributed by atoms with Gasteiger partial charge in [-0.1, -0.05) is 23.7 Å². The number of nitro groups is 1. The number of hydrogen-bond acceptors (Lipinski definition) is 4. The Kier molecular flexibility index (Phi) is 4.95. The van der Waals surface area contributed by atoms with Crippen LogP contribution in [0.25, 0.3) is 0 Å². The standard InChI is InChI=1S/C15H13ClN2O4/c1-10-8-11(6-7-14(10)18(20)21)22-9-15(19)17-13-5-3-2-4-12(13)16/h2-8H,9H2,1H3,(H,17,19). The summed E-state index contributed by atoms with van der Waals surface area (Å²) in [7, 11) is 0. The van der Waals surface area contributed by atoms with Crippen LogP contribution in [-0.2, 0) is 4.79 Å². The maximum atomic E-state index is 11.8. The summed E-state index contributed by atoms with van der Waals surface area (Å²) in [5.74, 6) is 0.0153. The van der Waals surface area contributed by atoms with E-state index in [1.165, 1.54) is 18.2 Å². The van der Waals surface area contributed by atoms with Crippen LogP contribution in [0.1, 0.15) is 5.56 Å². The highest BCUT2D eigenvalue weighted by molar-refractivity contribution is 6.33. The van der Waals surface area contributed by atoms with Gasteiger partial charge in [-0.15, -0.1) is 0 Å². The summed E-state index contributed by atoms with van der Waals surface area (Å²) in [6.07, 6.45) is 0. The molecule has 7 heteroatoms. The van der Waals surface area contributed by atoms with Gasteiger partial charge in [0.25, 0.3) is 11.6 Å². The molecule has 2 rings (SSSR count). The third-order valence-corrected chi connectivity index (χ3v) is 3.21. The molecule has 0 aliphatic heterocycles. The first-order valence-corrected chi connectivity index (χ1v) is 6.77. The number of ether oxygens (including phenoxy) is 1. The van der Waals surface area contributed by atoms with Crippen LogP contribution in [0.15, 0.2) is 42.5 Å². The molecular formula is C15H13ClN2O4. The van der Waals surface area contributed by atoms with E-state index in [9.17, 15) is 14.9 Å². The van der Waals surface area contributed by atoms with Gasteiger partial charge >= 0.3 is 0 Å². The molecule has 0 spiro atoms. The number of carbonyl (C=O) groups excluding carboxylic acids is 1. The van der Waals surface area contributed by atoms with Crippen molar-refractivity contribution >= 4 is 28.9 Å². The van der Waals surface area contributed by atoms with Crippen LogP contribution in [0.4, 0.5) is 11.4 Å². The molecule has 0 aromatic heterocycles. The Hall–Kier alpha value is -2.60. The highest BCUT2D eigenvalue weighted by atomic mass is 35.5. The predicted octanol–water partition coefficient (Wildman–Crippen LogP) is 3.57. The fourth-order valence-electron chi connectivity index (χ4n) is 1.82. The number of benzene rings is 2. The van der Waals surface area contributed by atoms with E-state index in [0.717, 1.165) is 0 Å². The molecule has 1 amide bonds. The fraction of sp³-hybridized carbons (Fsp3) is 0.133. The van der Waals surface area contributed by atoms with Crippen molar-refractivity contribution in [2.75, 3.05) is 11.9 Å². The number of rotatable bonds is 5. The molecule has 0 saturated heterocycles. The normalized spacial score (nSPS) is 10.1. The summed E-state index contributed by atoms with van der Waals surface area (Å²) >= 11 is 5.93. The van der Waals surface area contributed by atoms with Gasteiger partial charge in [0.15, 0.2) is 6.61 Å². The SMILES string of the molecule is Cc1cc(OCC(=O)Nc2ccccc2Cl)ccc1[N+](=O)[O-]. The van der Waals surface area contributed by atoms with Crippen LogP contribution in [0, 0.1) is 17.0 Å². The van der Waals surface area contributed by atoms with E-state index in [1.54, 1.807) is 31.2 Å². The van der Waals surface area contributed by atoms with Crippen molar-refractivity contribution in [1.29, 1.82) is 0 Å². The van der Waals surface area contributed by atoms with Crippen molar-refractivity contribution in [3.05, 3.63) is 63.2 Å². The first-order valence-electron chi connectivity index (χ1n) is 6.39. The van der Waals surface area contributed by atoms with Crippen molar-refractivity contribution in [2.24, 2.45) is 0 Å². The number of aryl methyl sites for hydroxylation is 1. The first kappa shape index (κ1) is 15.8. The van der Waals surface area contributed by atoms with Crippen molar-refractivity contribution in [3.8, 4) is 5.75 Å². The quantitative estimate of drug-likeness (QED) is 0.674. The Morgan fingerprint density at radius 3 is 2.68 bits per heavy atom. The fourth-order valence-corrected chi connectivity index (χ4v) is 2.00. The average molecular weight is 321 g/mol. The van der Waals surface area contributed by atoms with E-state index in [-0.39, 0.29) is 18.2 Å². The number of carbonyl (C=O) groups is 1. The van der Waals surface area contributed by atoms with Gasteiger partial charge in [-0.05, 0) is 31.2 Å². The monoisotopic (exact) mass is 320 g/mol. The molecule has 0 unspecified atom stereocenters. The Labute approximate surface area is 131 Å². The number of hydrogen-bond donors (Lipinski definition) is 1. The van der Waals surface area contributed by atoms with E-state index >= 15 is 0 Å². The molecule has 0 saturated carbocycles. The summed E-state index contributed by atoms with van der Waals surface area (Å²) in [4.78, 5) is 22.0. The highest BCUT2D eigenvalue weighted by Crippen LogP contribution is 2.23. The third-order valence-electron chi connectivity index (χ3n) is 2.88. The zero-order valence-corrected chi connectivity index (χ0v) is 12.5. The molecule has 22 heavy (non-hydrogen) atoms. The average Bonchev–Trinajstić information content (AvgIpc) is 2.47. The van der Waals surface area contributed by atoms with Crippen LogP contribution in [0.3, 0.4) is 0 Å².